The number of ether oxygens (including phenoxy) is 2. The Morgan fingerprint density at radius 3 is 3.04 bits per heavy atom. The first kappa shape index (κ1) is 16.0. The molecule has 1 N–H and O–H groups in total. The van der Waals surface area contributed by atoms with Crippen molar-refractivity contribution >= 4 is 5.91 Å². The summed E-state index contributed by atoms with van der Waals surface area (Å²) in [5.74, 6) is 2.54. The first-order valence-corrected chi connectivity index (χ1v) is 8.52. The number of likely N-dealkylation sites (tertiary alicyclic amines) is 1. The highest BCUT2D eigenvalue weighted by molar-refractivity contribution is 5.78. The topological polar surface area (TPSA) is 93.2 Å². The van der Waals surface area contributed by atoms with Gasteiger partial charge in [-0.3, -0.25) is 14.9 Å². The number of H-pyrrole nitrogens is 1. The van der Waals surface area contributed by atoms with Crippen molar-refractivity contribution in [3.05, 3.63) is 36.2 Å². The van der Waals surface area contributed by atoms with Gasteiger partial charge in [-0.25, -0.2) is 4.98 Å². The van der Waals surface area contributed by atoms with Gasteiger partial charge in [0.05, 0.1) is 18.3 Å². The molecule has 8 nitrogen and oxygen atoms in total. The molecule has 3 heterocycles. The molecule has 0 spiro atoms. The van der Waals surface area contributed by atoms with Gasteiger partial charge in [0.2, 0.25) is 0 Å². The summed E-state index contributed by atoms with van der Waals surface area (Å²) in [5.41, 5.74) is 0. The second kappa shape index (κ2) is 6.79. The number of pyridine rings is 1. The maximum Gasteiger partial charge on any atom is 0.261 e. The van der Waals surface area contributed by atoms with Crippen LogP contribution in [0.25, 0.3) is 0 Å². The van der Waals surface area contributed by atoms with Gasteiger partial charge in [-0.05, 0) is 25.0 Å². The van der Waals surface area contributed by atoms with Crippen molar-refractivity contribution < 1.29 is 14.3 Å². The van der Waals surface area contributed by atoms with Crippen molar-refractivity contribution in [1.29, 1.82) is 0 Å². The van der Waals surface area contributed by atoms with Crippen LogP contribution in [-0.2, 0) is 9.53 Å². The number of carbonyl (C=O) groups excluding carboxylic acids is 1. The summed E-state index contributed by atoms with van der Waals surface area (Å²) in [6.07, 6.45) is 6.23. The first-order valence-electron chi connectivity index (χ1n) is 8.52. The molecule has 2 aliphatic rings. The summed E-state index contributed by atoms with van der Waals surface area (Å²) in [6, 6.07) is 3.39. The Morgan fingerprint density at radius 1 is 1.44 bits per heavy atom. The molecule has 1 saturated carbocycles. The van der Waals surface area contributed by atoms with E-state index in [0.29, 0.717) is 24.6 Å². The highest BCUT2D eigenvalue weighted by atomic mass is 16.5. The molecule has 2 fully saturated rings. The fourth-order valence-electron chi connectivity index (χ4n) is 3.12. The van der Waals surface area contributed by atoms with Gasteiger partial charge in [-0.2, -0.15) is 5.10 Å². The monoisotopic (exact) mass is 343 g/mol. The van der Waals surface area contributed by atoms with E-state index in [9.17, 15) is 4.79 Å². The van der Waals surface area contributed by atoms with Crippen molar-refractivity contribution in [1.82, 2.24) is 25.1 Å². The highest BCUT2D eigenvalue weighted by Gasteiger charge is 2.39. The number of carbonyl (C=O) groups is 1. The Bertz CT molecular complexity index is 731. The number of nitrogens with zero attached hydrogens (tertiary/aromatic N) is 4. The second-order valence-electron chi connectivity index (χ2n) is 6.49. The molecule has 1 saturated heterocycles. The zero-order valence-corrected chi connectivity index (χ0v) is 14.1. The van der Waals surface area contributed by atoms with Gasteiger partial charge < -0.3 is 14.4 Å². The van der Waals surface area contributed by atoms with Gasteiger partial charge in [-0.15, -0.1) is 0 Å². The molecule has 1 aliphatic carbocycles. The molecule has 4 rings (SSSR count). The maximum absolute atomic E-state index is 12.7. The van der Waals surface area contributed by atoms with E-state index in [1.165, 1.54) is 0 Å². The second-order valence-corrected chi connectivity index (χ2v) is 6.49. The standard InChI is InChI=1S/C17H21N5O3/c1-24-13-7-14(17-19-16(20-21-17)11-4-5-11)22(9-13)15(23)10-25-12-3-2-6-18-8-12/h2-3,6,8,11,13-14H,4-5,7,9-10H2,1H3,(H,19,20,21)/t13-,14+/m1/s1. The summed E-state index contributed by atoms with van der Waals surface area (Å²) in [5, 5.41) is 7.32. The molecule has 2 aromatic heterocycles. The lowest BCUT2D eigenvalue weighted by molar-refractivity contribution is -0.134. The number of amides is 1. The normalized spacial score (nSPS) is 23.0. The Morgan fingerprint density at radius 2 is 2.32 bits per heavy atom. The Balaban J connectivity index is 1.45. The first-order chi connectivity index (χ1) is 12.2. The largest absolute Gasteiger partial charge is 0.482 e. The van der Waals surface area contributed by atoms with Crippen LogP contribution >= 0.6 is 0 Å². The van der Waals surface area contributed by atoms with E-state index < -0.39 is 0 Å². The number of aromatic amines is 1. The zero-order valence-electron chi connectivity index (χ0n) is 14.1. The van der Waals surface area contributed by atoms with E-state index in [1.54, 1.807) is 36.5 Å². The van der Waals surface area contributed by atoms with Crippen LogP contribution < -0.4 is 4.74 Å². The quantitative estimate of drug-likeness (QED) is 0.853. The van der Waals surface area contributed by atoms with E-state index in [1.807, 2.05) is 0 Å². The minimum Gasteiger partial charge on any atom is -0.482 e. The smallest absolute Gasteiger partial charge is 0.261 e. The molecule has 1 amide bonds. The average Bonchev–Trinajstić information content (AvgIpc) is 3.22. The van der Waals surface area contributed by atoms with E-state index in [2.05, 4.69) is 20.2 Å². The van der Waals surface area contributed by atoms with E-state index >= 15 is 0 Å². The predicted octanol–water partition coefficient (Wildman–Crippen LogP) is 1.44. The molecule has 8 heteroatoms. The third-order valence-corrected chi connectivity index (χ3v) is 4.69. The van der Waals surface area contributed by atoms with E-state index in [-0.39, 0.29) is 24.7 Å². The van der Waals surface area contributed by atoms with Gasteiger partial charge in [0.1, 0.15) is 11.6 Å². The fourth-order valence-corrected chi connectivity index (χ4v) is 3.12. The highest BCUT2D eigenvalue weighted by Crippen LogP contribution is 2.39. The van der Waals surface area contributed by atoms with Crippen molar-refractivity contribution in [2.75, 3.05) is 20.3 Å². The summed E-state index contributed by atoms with van der Waals surface area (Å²) in [6.45, 7) is 0.484. The molecule has 0 aromatic carbocycles. The molecule has 2 aromatic rings. The average molecular weight is 343 g/mol. The summed E-state index contributed by atoms with van der Waals surface area (Å²) >= 11 is 0. The fraction of sp³-hybridized carbons (Fsp3) is 0.529. The number of nitrogens with one attached hydrogen (secondary N) is 1. The van der Waals surface area contributed by atoms with Crippen LogP contribution in [0.3, 0.4) is 0 Å². The molecular formula is C17H21N5O3. The molecule has 25 heavy (non-hydrogen) atoms. The summed E-state index contributed by atoms with van der Waals surface area (Å²) < 4.78 is 11.0. The predicted molar refractivity (Wildman–Crippen MR) is 88.0 cm³/mol. The summed E-state index contributed by atoms with van der Waals surface area (Å²) in [4.78, 5) is 23.0. The van der Waals surface area contributed by atoms with Crippen LogP contribution in [0.4, 0.5) is 0 Å². The molecule has 0 unspecified atom stereocenters. The lowest BCUT2D eigenvalue weighted by atomic mass is 10.2. The van der Waals surface area contributed by atoms with Crippen molar-refractivity contribution in [2.24, 2.45) is 0 Å². The Labute approximate surface area is 145 Å². The van der Waals surface area contributed by atoms with Gasteiger partial charge in [0.15, 0.2) is 12.4 Å². The number of hydrogen-bond acceptors (Lipinski definition) is 6. The van der Waals surface area contributed by atoms with E-state index in [4.69, 9.17) is 9.47 Å². The number of aromatic nitrogens is 4. The van der Waals surface area contributed by atoms with E-state index in [0.717, 1.165) is 24.5 Å². The maximum atomic E-state index is 12.7. The van der Waals surface area contributed by atoms with Gasteiger partial charge in [0.25, 0.3) is 5.91 Å². The number of methoxy groups -OCH3 is 1. The minimum absolute atomic E-state index is 0.0122. The van der Waals surface area contributed by atoms with Crippen LogP contribution in [0.15, 0.2) is 24.5 Å². The Kier molecular flexibility index (Phi) is 4.35. The third kappa shape index (κ3) is 3.48. The molecule has 0 bridgehead atoms. The van der Waals surface area contributed by atoms with Crippen LogP contribution in [0, 0.1) is 0 Å². The van der Waals surface area contributed by atoms with Crippen molar-refractivity contribution in [3.8, 4) is 5.75 Å². The van der Waals surface area contributed by atoms with Crippen LogP contribution in [-0.4, -0.2) is 57.3 Å². The van der Waals surface area contributed by atoms with Crippen LogP contribution in [0.5, 0.6) is 5.75 Å². The Hall–Kier alpha value is -2.48. The SMILES string of the molecule is CO[C@@H]1C[C@@H](c2nc(C3CC3)n[nH]2)N(C(=O)COc2cccnc2)C1. The molecule has 132 valence electrons. The molecular weight excluding hydrogens is 322 g/mol. The lowest BCUT2D eigenvalue weighted by Gasteiger charge is -2.22. The molecule has 2 atom stereocenters. The number of rotatable bonds is 6. The van der Waals surface area contributed by atoms with Gasteiger partial charge in [0, 0.05) is 32.2 Å². The van der Waals surface area contributed by atoms with Crippen molar-refractivity contribution in [3.63, 3.8) is 0 Å². The zero-order chi connectivity index (χ0) is 17.2. The third-order valence-electron chi connectivity index (χ3n) is 4.69. The van der Waals surface area contributed by atoms with Crippen molar-refractivity contribution in [2.45, 2.75) is 37.3 Å². The van der Waals surface area contributed by atoms with Gasteiger partial charge in [-0.1, -0.05) is 0 Å². The minimum atomic E-state index is -0.157. The number of hydrogen-bond donors (Lipinski definition) is 1. The molecule has 1 aliphatic heterocycles. The molecule has 0 radical (unpaired) electrons. The van der Waals surface area contributed by atoms with Crippen LogP contribution in [0.1, 0.15) is 42.9 Å². The van der Waals surface area contributed by atoms with Crippen LogP contribution in [0.2, 0.25) is 0 Å². The van der Waals surface area contributed by atoms with Gasteiger partial charge >= 0.3 is 0 Å². The summed E-state index contributed by atoms with van der Waals surface area (Å²) in [7, 11) is 1.66. The lowest BCUT2D eigenvalue weighted by Crippen LogP contribution is -2.36.